The standard InChI is InChI=1S/C19H14Cl2N2O6S/c1-30(28,29)23-11-4-2-9(3-5-11)12(8-15(24)25)16-17-13(21)6-10(20)7-14(17)22-18(16)19(26)27/h2-8,22-23H,1H3,(H,24,25)(H,26,27)/b12-8-. The molecule has 0 unspecified atom stereocenters. The number of carboxylic acids is 2. The molecule has 0 saturated carbocycles. The van der Waals surface area contributed by atoms with Crippen molar-refractivity contribution in [2.45, 2.75) is 0 Å². The largest absolute Gasteiger partial charge is 0.478 e. The molecule has 0 saturated heterocycles. The molecule has 1 heterocycles. The van der Waals surface area contributed by atoms with E-state index in [4.69, 9.17) is 23.2 Å². The number of aromatic amines is 1. The number of H-pyrrole nitrogens is 1. The van der Waals surface area contributed by atoms with Gasteiger partial charge in [-0.25, -0.2) is 18.0 Å². The van der Waals surface area contributed by atoms with Crippen molar-refractivity contribution in [3.05, 3.63) is 69.3 Å². The molecule has 3 rings (SSSR count). The Labute approximate surface area is 180 Å². The first kappa shape index (κ1) is 21.7. The molecule has 0 aliphatic rings. The minimum absolute atomic E-state index is 0.0706. The maximum atomic E-state index is 11.9. The third-order valence-electron chi connectivity index (χ3n) is 4.06. The second-order valence-corrected chi connectivity index (χ2v) is 8.93. The van der Waals surface area contributed by atoms with Crippen molar-refractivity contribution in [2.75, 3.05) is 11.0 Å². The Kier molecular flexibility index (Phi) is 5.80. The molecule has 156 valence electrons. The second-order valence-electron chi connectivity index (χ2n) is 6.34. The lowest BCUT2D eigenvalue weighted by Gasteiger charge is -2.11. The first-order chi connectivity index (χ1) is 14.0. The quantitative estimate of drug-likeness (QED) is 0.402. The molecule has 0 aliphatic heterocycles. The fourth-order valence-corrected chi connectivity index (χ4v) is 4.19. The highest BCUT2D eigenvalue weighted by atomic mass is 35.5. The number of anilines is 1. The van der Waals surface area contributed by atoms with Crippen molar-refractivity contribution in [1.29, 1.82) is 0 Å². The number of fused-ring (bicyclic) bond motifs is 1. The van der Waals surface area contributed by atoms with Gasteiger partial charge in [0.15, 0.2) is 0 Å². The molecule has 4 N–H and O–H groups in total. The van der Waals surface area contributed by atoms with Crippen LogP contribution in [0.3, 0.4) is 0 Å². The number of rotatable bonds is 6. The van der Waals surface area contributed by atoms with E-state index >= 15 is 0 Å². The Bertz CT molecular complexity index is 1310. The predicted octanol–water partition coefficient (Wildman–Crippen LogP) is 4.06. The van der Waals surface area contributed by atoms with E-state index in [0.29, 0.717) is 16.5 Å². The highest BCUT2D eigenvalue weighted by Crippen LogP contribution is 2.39. The number of hydrogen-bond acceptors (Lipinski definition) is 4. The summed E-state index contributed by atoms with van der Waals surface area (Å²) in [4.78, 5) is 26.1. The smallest absolute Gasteiger partial charge is 0.352 e. The van der Waals surface area contributed by atoms with Crippen molar-refractivity contribution in [1.82, 2.24) is 4.98 Å². The van der Waals surface area contributed by atoms with Crippen LogP contribution in [0.1, 0.15) is 21.6 Å². The number of aliphatic carboxylic acids is 1. The van der Waals surface area contributed by atoms with Gasteiger partial charge in [0.1, 0.15) is 5.69 Å². The minimum Gasteiger partial charge on any atom is -0.478 e. The molecule has 0 bridgehead atoms. The van der Waals surface area contributed by atoms with E-state index in [9.17, 15) is 28.2 Å². The molecule has 0 atom stereocenters. The normalized spacial score (nSPS) is 12.2. The molecule has 0 fully saturated rings. The third kappa shape index (κ3) is 4.59. The van der Waals surface area contributed by atoms with E-state index in [1.807, 2.05) is 0 Å². The number of sulfonamides is 1. The lowest BCUT2D eigenvalue weighted by atomic mass is 9.94. The lowest BCUT2D eigenvalue weighted by molar-refractivity contribution is -0.131. The summed E-state index contributed by atoms with van der Waals surface area (Å²) in [6.45, 7) is 0. The van der Waals surface area contributed by atoms with Crippen LogP contribution < -0.4 is 4.72 Å². The predicted molar refractivity (Wildman–Crippen MR) is 115 cm³/mol. The monoisotopic (exact) mass is 468 g/mol. The van der Waals surface area contributed by atoms with Gasteiger partial charge in [-0.15, -0.1) is 0 Å². The summed E-state index contributed by atoms with van der Waals surface area (Å²) in [5.41, 5.74) is 0.808. The number of benzene rings is 2. The van der Waals surface area contributed by atoms with E-state index in [2.05, 4.69) is 9.71 Å². The van der Waals surface area contributed by atoms with Crippen LogP contribution in [0.2, 0.25) is 10.0 Å². The molecule has 0 radical (unpaired) electrons. The topological polar surface area (TPSA) is 137 Å². The van der Waals surface area contributed by atoms with Gasteiger partial charge >= 0.3 is 11.9 Å². The molecule has 0 spiro atoms. The number of carboxylic acid groups (broad SMARTS) is 2. The van der Waals surface area contributed by atoms with Gasteiger partial charge in [0.2, 0.25) is 10.0 Å². The summed E-state index contributed by atoms with van der Waals surface area (Å²) in [5, 5.41) is 19.8. The summed E-state index contributed by atoms with van der Waals surface area (Å²) in [6, 6.07) is 8.70. The average molecular weight is 469 g/mol. The SMILES string of the molecule is CS(=O)(=O)Nc1ccc(/C(=C/C(=O)O)c2c(C(=O)O)[nH]c3cc(Cl)cc(Cl)c23)cc1. The molecule has 2 aromatic carbocycles. The zero-order valence-corrected chi connectivity index (χ0v) is 17.6. The first-order valence-corrected chi connectivity index (χ1v) is 10.9. The number of aromatic carboxylic acids is 1. The molecule has 30 heavy (non-hydrogen) atoms. The zero-order chi connectivity index (χ0) is 22.2. The molecule has 11 heteroatoms. The van der Waals surface area contributed by atoms with Crippen molar-refractivity contribution < 1.29 is 28.2 Å². The molecular weight excluding hydrogens is 455 g/mol. The number of nitrogens with one attached hydrogen (secondary N) is 2. The van der Waals surface area contributed by atoms with Gasteiger partial charge in [0.25, 0.3) is 0 Å². The molecule has 1 aromatic heterocycles. The van der Waals surface area contributed by atoms with Crippen LogP contribution in [0, 0.1) is 0 Å². The van der Waals surface area contributed by atoms with Crippen molar-refractivity contribution in [3.8, 4) is 0 Å². The highest BCUT2D eigenvalue weighted by Gasteiger charge is 2.24. The van der Waals surface area contributed by atoms with Crippen LogP contribution in [-0.4, -0.2) is 41.8 Å². The van der Waals surface area contributed by atoms with Gasteiger partial charge in [-0.2, -0.15) is 0 Å². The zero-order valence-electron chi connectivity index (χ0n) is 15.2. The van der Waals surface area contributed by atoms with Gasteiger partial charge in [-0.3, -0.25) is 4.72 Å². The fraction of sp³-hybridized carbons (Fsp3) is 0.0526. The van der Waals surface area contributed by atoms with Crippen LogP contribution in [0.15, 0.2) is 42.5 Å². The summed E-state index contributed by atoms with van der Waals surface area (Å²) in [5.74, 6) is -2.63. The average Bonchev–Trinajstić information content (AvgIpc) is 2.98. The van der Waals surface area contributed by atoms with E-state index in [-0.39, 0.29) is 32.6 Å². The molecule has 8 nitrogen and oxygen atoms in total. The van der Waals surface area contributed by atoms with Crippen LogP contribution in [0.4, 0.5) is 5.69 Å². The number of aromatic nitrogens is 1. The highest BCUT2D eigenvalue weighted by molar-refractivity contribution is 7.92. The molecule has 3 aromatic rings. The Morgan fingerprint density at radius 3 is 2.27 bits per heavy atom. The number of hydrogen-bond donors (Lipinski definition) is 4. The maximum absolute atomic E-state index is 11.9. The Hall–Kier alpha value is -3.01. The van der Waals surface area contributed by atoms with Crippen LogP contribution in [0.25, 0.3) is 16.5 Å². The number of halogens is 2. The van der Waals surface area contributed by atoms with E-state index in [0.717, 1.165) is 12.3 Å². The van der Waals surface area contributed by atoms with E-state index in [1.54, 1.807) is 0 Å². The summed E-state index contributed by atoms with van der Waals surface area (Å²) < 4.78 is 25.1. The summed E-state index contributed by atoms with van der Waals surface area (Å²) in [7, 11) is -3.50. The molecule has 0 aliphatic carbocycles. The Morgan fingerprint density at radius 1 is 1.10 bits per heavy atom. The van der Waals surface area contributed by atoms with Gasteiger partial charge in [0.05, 0.1) is 11.3 Å². The summed E-state index contributed by atoms with van der Waals surface area (Å²) in [6.07, 6.45) is 1.86. The molecular formula is C19H14Cl2N2O6S. The van der Waals surface area contributed by atoms with Crippen LogP contribution in [-0.2, 0) is 14.8 Å². The first-order valence-electron chi connectivity index (χ1n) is 8.23. The molecule has 0 amide bonds. The minimum atomic E-state index is -3.50. The lowest BCUT2D eigenvalue weighted by Crippen LogP contribution is -2.09. The van der Waals surface area contributed by atoms with Gasteiger partial charge in [-0.05, 0) is 35.4 Å². The van der Waals surface area contributed by atoms with Gasteiger partial charge < -0.3 is 15.2 Å². The van der Waals surface area contributed by atoms with E-state index in [1.165, 1.54) is 36.4 Å². The second kappa shape index (κ2) is 8.02. The van der Waals surface area contributed by atoms with Crippen molar-refractivity contribution >= 4 is 67.3 Å². The van der Waals surface area contributed by atoms with Gasteiger partial charge in [-0.1, -0.05) is 35.3 Å². The van der Waals surface area contributed by atoms with Crippen LogP contribution >= 0.6 is 23.2 Å². The Morgan fingerprint density at radius 2 is 1.73 bits per heavy atom. The third-order valence-corrected chi connectivity index (χ3v) is 5.19. The van der Waals surface area contributed by atoms with Crippen molar-refractivity contribution in [3.63, 3.8) is 0 Å². The van der Waals surface area contributed by atoms with Crippen LogP contribution in [0.5, 0.6) is 0 Å². The number of carbonyl (C=O) groups is 2. The van der Waals surface area contributed by atoms with E-state index < -0.39 is 22.0 Å². The maximum Gasteiger partial charge on any atom is 0.352 e. The van der Waals surface area contributed by atoms with Crippen molar-refractivity contribution in [2.24, 2.45) is 0 Å². The Balaban J connectivity index is 2.28. The fourth-order valence-electron chi connectivity index (χ4n) is 3.03. The van der Waals surface area contributed by atoms with Gasteiger partial charge in [0, 0.05) is 33.3 Å². The summed E-state index contributed by atoms with van der Waals surface area (Å²) >= 11 is 12.3.